The number of para-hydroxylation sites is 1. The molecule has 8 nitrogen and oxygen atoms in total. The molecule has 8 heteroatoms. The molecule has 0 N–H and O–H groups in total. The van der Waals surface area contributed by atoms with Gasteiger partial charge in [-0.1, -0.05) is 18.2 Å². The van der Waals surface area contributed by atoms with E-state index in [1.165, 1.54) is 23.1 Å². The number of amides is 1. The number of nitro benzene ring substituents is 1. The van der Waals surface area contributed by atoms with E-state index in [9.17, 15) is 19.7 Å². The number of hydrogen-bond donors (Lipinski definition) is 0. The van der Waals surface area contributed by atoms with Gasteiger partial charge >= 0.3 is 5.97 Å². The summed E-state index contributed by atoms with van der Waals surface area (Å²) < 4.78 is 4.81. The number of carbonyl (C=O) groups is 2. The molecule has 0 radical (unpaired) electrons. The number of benzene rings is 1. The highest BCUT2D eigenvalue weighted by atomic mass is 16.6. The maximum absolute atomic E-state index is 12.4. The molecular formula is C16H19N3O5. The van der Waals surface area contributed by atoms with E-state index < -0.39 is 10.9 Å². The van der Waals surface area contributed by atoms with Crippen molar-refractivity contribution in [3.63, 3.8) is 0 Å². The van der Waals surface area contributed by atoms with E-state index in [0.717, 1.165) is 0 Å². The van der Waals surface area contributed by atoms with Crippen LogP contribution in [0.2, 0.25) is 0 Å². The van der Waals surface area contributed by atoms with Crippen molar-refractivity contribution in [2.45, 2.75) is 26.2 Å². The van der Waals surface area contributed by atoms with Crippen LogP contribution >= 0.6 is 0 Å². The SMILES string of the molecule is CCOC(=O)CCN(CCC#N)C(=O)Cc1ccccc1[N+](=O)[O-]. The van der Waals surface area contributed by atoms with Crippen molar-refractivity contribution < 1.29 is 19.2 Å². The van der Waals surface area contributed by atoms with Gasteiger partial charge in [0.25, 0.3) is 5.69 Å². The first-order valence-corrected chi connectivity index (χ1v) is 7.52. The molecule has 1 aromatic rings. The molecule has 0 heterocycles. The first kappa shape index (κ1) is 19.1. The number of esters is 1. The molecule has 0 bridgehead atoms. The maximum Gasteiger partial charge on any atom is 0.307 e. The molecule has 0 atom stereocenters. The summed E-state index contributed by atoms with van der Waals surface area (Å²) in [6, 6.07) is 7.94. The van der Waals surface area contributed by atoms with Crippen molar-refractivity contribution in [3.8, 4) is 6.07 Å². The van der Waals surface area contributed by atoms with Gasteiger partial charge in [-0.2, -0.15) is 5.26 Å². The lowest BCUT2D eigenvalue weighted by molar-refractivity contribution is -0.385. The van der Waals surface area contributed by atoms with Crippen molar-refractivity contribution >= 4 is 17.6 Å². The molecule has 128 valence electrons. The Morgan fingerprint density at radius 3 is 2.67 bits per heavy atom. The van der Waals surface area contributed by atoms with E-state index in [2.05, 4.69) is 0 Å². The molecule has 1 rings (SSSR count). The predicted octanol–water partition coefficient (Wildman–Crippen LogP) is 1.83. The molecule has 0 aromatic heterocycles. The smallest absolute Gasteiger partial charge is 0.307 e. The molecule has 0 spiro atoms. The Labute approximate surface area is 139 Å². The number of ether oxygens (including phenoxy) is 1. The molecular weight excluding hydrogens is 314 g/mol. The van der Waals surface area contributed by atoms with Crippen LogP contribution in [-0.2, 0) is 20.7 Å². The van der Waals surface area contributed by atoms with E-state index in [1.54, 1.807) is 13.0 Å². The Kier molecular flexibility index (Phi) is 7.91. The van der Waals surface area contributed by atoms with Crippen LogP contribution in [0.5, 0.6) is 0 Å². The average molecular weight is 333 g/mol. The molecule has 0 fully saturated rings. The fourth-order valence-corrected chi connectivity index (χ4v) is 2.12. The quantitative estimate of drug-likeness (QED) is 0.387. The molecule has 0 saturated heterocycles. The van der Waals surface area contributed by atoms with Crippen molar-refractivity contribution in [2.24, 2.45) is 0 Å². The second-order valence-electron chi connectivity index (χ2n) is 4.91. The highest BCUT2D eigenvalue weighted by Gasteiger charge is 2.20. The predicted molar refractivity (Wildman–Crippen MR) is 84.9 cm³/mol. The van der Waals surface area contributed by atoms with Gasteiger partial charge in [-0.15, -0.1) is 0 Å². The van der Waals surface area contributed by atoms with Crippen LogP contribution < -0.4 is 0 Å². The highest BCUT2D eigenvalue weighted by molar-refractivity contribution is 5.80. The lowest BCUT2D eigenvalue weighted by Crippen LogP contribution is -2.35. The minimum Gasteiger partial charge on any atom is -0.466 e. The molecule has 0 saturated carbocycles. The van der Waals surface area contributed by atoms with Crippen molar-refractivity contribution in [1.29, 1.82) is 5.26 Å². The number of nitrogens with zero attached hydrogens (tertiary/aromatic N) is 3. The maximum atomic E-state index is 12.4. The summed E-state index contributed by atoms with van der Waals surface area (Å²) in [5, 5.41) is 19.7. The number of hydrogen-bond acceptors (Lipinski definition) is 6. The van der Waals surface area contributed by atoms with E-state index in [4.69, 9.17) is 10.00 Å². The molecule has 0 unspecified atom stereocenters. The molecule has 24 heavy (non-hydrogen) atoms. The summed E-state index contributed by atoms with van der Waals surface area (Å²) >= 11 is 0. The minimum absolute atomic E-state index is 0.0158. The fraction of sp³-hybridized carbons (Fsp3) is 0.438. The number of carbonyl (C=O) groups excluding carboxylic acids is 2. The van der Waals surface area contributed by atoms with Crippen molar-refractivity contribution in [2.75, 3.05) is 19.7 Å². The van der Waals surface area contributed by atoms with Crippen LogP contribution in [-0.4, -0.2) is 41.4 Å². The minimum atomic E-state index is -0.541. The first-order valence-electron chi connectivity index (χ1n) is 7.52. The van der Waals surface area contributed by atoms with Crippen LogP contribution in [0.3, 0.4) is 0 Å². The summed E-state index contributed by atoms with van der Waals surface area (Å²) in [4.78, 5) is 35.7. The van der Waals surface area contributed by atoms with Crippen molar-refractivity contribution in [3.05, 3.63) is 39.9 Å². The van der Waals surface area contributed by atoms with Crippen LogP contribution in [0.1, 0.15) is 25.3 Å². The average Bonchev–Trinajstić information content (AvgIpc) is 2.55. The molecule has 1 amide bonds. The second-order valence-corrected chi connectivity index (χ2v) is 4.91. The Morgan fingerprint density at radius 1 is 1.33 bits per heavy atom. The monoisotopic (exact) mass is 333 g/mol. The van der Waals surface area contributed by atoms with Crippen LogP contribution in [0.4, 0.5) is 5.69 Å². The van der Waals surface area contributed by atoms with Gasteiger partial charge in [0.15, 0.2) is 0 Å². The zero-order valence-electron chi connectivity index (χ0n) is 13.4. The van der Waals surface area contributed by atoms with E-state index in [0.29, 0.717) is 5.56 Å². The Bertz CT molecular complexity index is 639. The zero-order chi connectivity index (χ0) is 17.9. The summed E-state index contributed by atoms with van der Waals surface area (Å²) in [5.41, 5.74) is 0.169. The van der Waals surface area contributed by atoms with E-state index in [-0.39, 0.29) is 50.6 Å². The molecule has 0 aliphatic rings. The van der Waals surface area contributed by atoms with Gasteiger partial charge in [-0.3, -0.25) is 19.7 Å². The standard InChI is InChI=1S/C16H19N3O5/c1-2-24-16(21)8-11-18(10-5-9-17)15(20)12-13-6-3-4-7-14(13)19(22)23/h3-4,6-7H,2,5,8,10-12H2,1H3. The largest absolute Gasteiger partial charge is 0.466 e. The van der Waals surface area contributed by atoms with Gasteiger partial charge in [0.1, 0.15) is 0 Å². The normalized spacial score (nSPS) is 9.83. The van der Waals surface area contributed by atoms with Gasteiger partial charge in [-0.25, -0.2) is 0 Å². The summed E-state index contributed by atoms with van der Waals surface area (Å²) in [6.45, 7) is 2.21. The zero-order valence-corrected chi connectivity index (χ0v) is 13.4. The van der Waals surface area contributed by atoms with Gasteiger partial charge in [0.05, 0.1) is 36.9 Å². The molecule has 0 aliphatic carbocycles. The van der Waals surface area contributed by atoms with Gasteiger partial charge in [-0.05, 0) is 6.92 Å². The molecule has 1 aromatic carbocycles. The second kappa shape index (κ2) is 9.94. The third kappa shape index (κ3) is 6.04. The summed E-state index contributed by atoms with van der Waals surface area (Å²) in [6.07, 6.45) is -0.0290. The van der Waals surface area contributed by atoms with Gasteiger partial charge in [0, 0.05) is 24.7 Å². The highest BCUT2D eigenvalue weighted by Crippen LogP contribution is 2.19. The lowest BCUT2D eigenvalue weighted by atomic mass is 10.1. The Hall–Kier alpha value is -2.95. The topological polar surface area (TPSA) is 114 Å². The Morgan fingerprint density at radius 2 is 2.04 bits per heavy atom. The number of nitriles is 1. The van der Waals surface area contributed by atoms with Gasteiger partial charge < -0.3 is 9.64 Å². The van der Waals surface area contributed by atoms with E-state index >= 15 is 0 Å². The Balaban J connectivity index is 2.79. The van der Waals surface area contributed by atoms with E-state index in [1.807, 2.05) is 6.07 Å². The van der Waals surface area contributed by atoms with Crippen LogP contribution in [0.25, 0.3) is 0 Å². The lowest BCUT2D eigenvalue weighted by Gasteiger charge is -2.21. The number of rotatable bonds is 9. The summed E-state index contributed by atoms with van der Waals surface area (Å²) in [7, 11) is 0. The van der Waals surface area contributed by atoms with Gasteiger partial charge in [0.2, 0.25) is 5.91 Å². The number of nitro groups is 1. The van der Waals surface area contributed by atoms with Crippen molar-refractivity contribution in [1.82, 2.24) is 4.90 Å². The fourth-order valence-electron chi connectivity index (χ4n) is 2.12. The molecule has 0 aliphatic heterocycles. The summed E-state index contributed by atoms with van der Waals surface area (Å²) in [5.74, 6) is -0.804. The third-order valence-corrected chi connectivity index (χ3v) is 3.27. The first-order chi connectivity index (χ1) is 11.5. The van der Waals surface area contributed by atoms with Crippen LogP contribution in [0.15, 0.2) is 24.3 Å². The third-order valence-electron chi connectivity index (χ3n) is 3.27. The van der Waals surface area contributed by atoms with Crippen LogP contribution in [0, 0.1) is 21.4 Å².